The molecule has 4 nitrogen and oxygen atoms in total. The Labute approximate surface area is 143 Å². The molecule has 24 heavy (non-hydrogen) atoms. The highest BCUT2D eigenvalue weighted by Crippen LogP contribution is 2.22. The molecule has 0 saturated carbocycles. The highest BCUT2D eigenvalue weighted by Gasteiger charge is 2.18. The molecule has 1 N–H and O–H groups in total. The van der Waals surface area contributed by atoms with Crippen LogP contribution in [0.4, 0.5) is 0 Å². The molecular formula is C20H26N2O2. The zero-order valence-electron chi connectivity index (χ0n) is 14.7. The van der Waals surface area contributed by atoms with Crippen molar-refractivity contribution in [2.45, 2.75) is 46.2 Å². The van der Waals surface area contributed by atoms with Gasteiger partial charge in [-0.05, 0) is 29.5 Å². The zero-order valence-corrected chi connectivity index (χ0v) is 14.7. The third-order valence-corrected chi connectivity index (χ3v) is 4.21. The van der Waals surface area contributed by atoms with E-state index < -0.39 is 0 Å². The summed E-state index contributed by atoms with van der Waals surface area (Å²) in [6, 6.07) is 13.4. The molecule has 2 rings (SSSR count). The Morgan fingerprint density at radius 3 is 2.42 bits per heavy atom. The van der Waals surface area contributed by atoms with E-state index in [4.69, 9.17) is 0 Å². The van der Waals surface area contributed by atoms with Crippen molar-refractivity contribution in [1.82, 2.24) is 9.88 Å². The fraction of sp³-hybridized carbons (Fsp3) is 0.400. The lowest BCUT2D eigenvalue weighted by molar-refractivity contribution is -0.122. The smallest absolute Gasteiger partial charge is 0.250 e. The van der Waals surface area contributed by atoms with Gasteiger partial charge in [0.1, 0.15) is 0 Å². The van der Waals surface area contributed by atoms with E-state index in [0.29, 0.717) is 18.9 Å². The molecule has 0 bridgehead atoms. The largest absolute Gasteiger partial charge is 0.349 e. The fourth-order valence-electron chi connectivity index (χ4n) is 2.71. The molecule has 0 aliphatic carbocycles. The molecule has 1 unspecified atom stereocenters. The van der Waals surface area contributed by atoms with Crippen LogP contribution < -0.4 is 10.9 Å². The number of nitrogens with one attached hydrogen (secondary N) is 1. The molecule has 0 spiro atoms. The van der Waals surface area contributed by atoms with Crippen LogP contribution in [-0.2, 0) is 17.8 Å². The first-order valence-electron chi connectivity index (χ1n) is 8.55. The van der Waals surface area contributed by atoms with Crippen molar-refractivity contribution in [2.24, 2.45) is 5.92 Å². The van der Waals surface area contributed by atoms with Crippen molar-refractivity contribution in [3.05, 3.63) is 70.1 Å². The van der Waals surface area contributed by atoms with Gasteiger partial charge in [-0.2, -0.15) is 0 Å². The van der Waals surface area contributed by atoms with Gasteiger partial charge in [0.05, 0.1) is 6.04 Å². The topological polar surface area (TPSA) is 51.1 Å². The highest BCUT2D eigenvalue weighted by molar-refractivity contribution is 5.76. The summed E-state index contributed by atoms with van der Waals surface area (Å²) < 4.78 is 1.56. The van der Waals surface area contributed by atoms with E-state index in [1.54, 1.807) is 22.9 Å². The lowest BCUT2D eigenvalue weighted by Gasteiger charge is -2.23. The van der Waals surface area contributed by atoms with E-state index in [0.717, 1.165) is 12.0 Å². The van der Waals surface area contributed by atoms with Crippen LogP contribution in [0.5, 0.6) is 0 Å². The van der Waals surface area contributed by atoms with Crippen molar-refractivity contribution >= 4 is 5.91 Å². The van der Waals surface area contributed by atoms with Crippen LogP contribution in [0.3, 0.4) is 0 Å². The van der Waals surface area contributed by atoms with Crippen molar-refractivity contribution in [1.29, 1.82) is 0 Å². The molecule has 1 heterocycles. The number of benzene rings is 1. The molecule has 4 heteroatoms. The molecule has 1 amide bonds. The van der Waals surface area contributed by atoms with Gasteiger partial charge >= 0.3 is 0 Å². The maximum Gasteiger partial charge on any atom is 0.250 e. The molecule has 0 saturated heterocycles. The van der Waals surface area contributed by atoms with E-state index in [1.807, 2.05) is 0 Å². The Bertz CT molecular complexity index is 717. The standard InChI is InChI=1S/C20H26N2O2/c1-4-16-8-10-17(11-9-16)20(15(2)3)21-18(23)12-14-22-13-6-5-7-19(22)24/h5-11,13,15,20H,4,12,14H2,1-3H3,(H,21,23). The third kappa shape index (κ3) is 4.82. The van der Waals surface area contributed by atoms with Gasteiger partial charge in [-0.25, -0.2) is 0 Å². The third-order valence-electron chi connectivity index (χ3n) is 4.21. The van der Waals surface area contributed by atoms with Crippen LogP contribution in [0.1, 0.15) is 44.4 Å². The number of nitrogens with zero attached hydrogens (tertiary/aromatic N) is 1. The SMILES string of the molecule is CCc1ccc(C(NC(=O)CCn2ccccc2=O)C(C)C)cc1. The summed E-state index contributed by atoms with van der Waals surface area (Å²) >= 11 is 0. The summed E-state index contributed by atoms with van der Waals surface area (Å²) in [5.41, 5.74) is 2.32. The minimum absolute atomic E-state index is 0.0177. The second kappa shape index (κ2) is 8.48. The summed E-state index contributed by atoms with van der Waals surface area (Å²) in [4.78, 5) is 24.0. The molecular weight excluding hydrogens is 300 g/mol. The Kier molecular flexibility index (Phi) is 6.36. The number of rotatable bonds is 7. The molecule has 0 aliphatic rings. The first kappa shape index (κ1) is 18.0. The average Bonchev–Trinajstić information content (AvgIpc) is 2.59. The van der Waals surface area contributed by atoms with Gasteiger partial charge in [-0.3, -0.25) is 9.59 Å². The van der Waals surface area contributed by atoms with Crippen LogP contribution >= 0.6 is 0 Å². The van der Waals surface area contributed by atoms with Gasteiger partial charge < -0.3 is 9.88 Å². The summed E-state index contributed by atoms with van der Waals surface area (Å²) in [7, 11) is 0. The number of aromatic nitrogens is 1. The monoisotopic (exact) mass is 326 g/mol. The van der Waals surface area contributed by atoms with Crippen molar-refractivity contribution < 1.29 is 4.79 Å². The van der Waals surface area contributed by atoms with Gasteiger partial charge in [0.25, 0.3) is 5.56 Å². The molecule has 2 aromatic rings. The minimum atomic E-state index is -0.0825. The fourth-order valence-corrected chi connectivity index (χ4v) is 2.71. The van der Waals surface area contributed by atoms with Crippen LogP contribution in [0.2, 0.25) is 0 Å². The van der Waals surface area contributed by atoms with E-state index in [9.17, 15) is 9.59 Å². The second-order valence-corrected chi connectivity index (χ2v) is 6.37. The number of carbonyl (C=O) groups is 1. The molecule has 1 aromatic carbocycles. The molecule has 0 aliphatic heterocycles. The summed E-state index contributed by atoms with van der Waals surface area (Å²) in [5.74, 6) is 0.255. The van der Waals surface area contributed by atoms with Gasteiger partial charge in [0.15, 0.2) is 0 Å². The van der Waals surface area contributed by atoms with Crippen molar-refractivity contribution in [3.63, 3.8) is 0 Å². The molecule has 128 valence electrons. The summed E-state index contributed by atoms with van der Waals surface area (Å²) in [6.07, 6.45) is 3.00. The minimum Gasteiger partial charge on any atom is -0.349 e. The summed E-state index contributed by atoms with van der Waals surface area (Å²) in [5, 5.41) is 3.11. The first-order chi connectivity index (χ1) is 11.5. The lowest BCUT2D eigenvalue weighted by atomic mass is 9.94. The van der Waals surface area contributed by atoms with Gasteiger partial charge in [-0.15, -0.1) is 0 Å². The lowest BCUT2D eigenvalue weighted by Crippen LogP contribution is -2.33. The Balaban J connectivity index is 2.00. The normalized spacial score (nSPS) is 12.2. The molecule has 0 radical (unpaired) electrons. The molecule has 0 fully saturated rings. The maximum absolute atomic E-state index is 12.3. The van der Waals surface area contributed by atoms with E-state index >= 15 is 0 Å². The zero-order chi connectivity index (χ0) is 17.5. The number of hydrogen-bond donors (Lipinski definition) is 1. The maximum atomic E-state index is 12.3. The van der Waals surface area contributed by atoms with E-state index in [-0.39, 0.29) is 17.5 Å². The van der Waals surface area contributed by atoms with Crippen LogP contribution in [-0.4, -0.2) is 10.5 Å². The van der Waals surface area contributed by atoms with Crippen LogP contribution in [0, 0.1) is 5.92 Å². The molecule has 1 aromatic heterocycles. The van der Waals surface area contributed by atoms with E-state index in [1.165, 1.54) is 11.6 Å². The summed E-state index contributed by atoms with van der Waals surface area (Å²) in [6.45, 7) is 6.72. The number of aryl methyl sites for hydroxylation is 2. The number of pyridine rings is 1. The van der Waals surface area contributed by atoms with Crippen LogP contribution in [0.25, 0.3) is 0 Å². The first-order valence-corrected chi connectivity index (χ1v) is 8.55. The highest BCUT2D eigenvalue weighted by atomic mass is 16.2. The average molecular weight is 326 g/mol. The van der Waals surface area contributed by atoms with Crippen molar-refractivity contribution in [2.75, 3.05) is 0 Å². The van der Waals surface area contributed by atoms with Gasteiger partial charge in [-0.1, -0.05) is 51.1 Å². The van der Waals surface area contributed by atoms with Gasteiger partial charge in [0, 0.05) is 25.2 Å². The molecule has 1 atom stereocenters. The second-order valence-electron chi connectivity index (χ2n) is 6.37. The van der Waals surface area contributed by atoms with Crippen LogP contribution in [0.15, 0.2) is 53.5 Å². The Hall–Kier alpha value is -2.36. The number of hydrogen-bond acceptors (Lipinski definition) is 2. The number of carbonyl (C=O) groups excluding carboxylic acids is 1. The predicted molar refractivity (Wildman–Crippen MR) is 96.9 cm³/mol. The van der Waals surface area contributed by atoms with Crippen molar-refractivity contribution in [3.8, 4) is 0 Å². The predicted octanol–water partition coefficient (Wildman–Crippen LogP) is 3.31. The van der Waals surface area contributed by atoms with E-state index in [2.05, 4.69) is 50.4 Å². The van der Waals surface area contributed by atoms with Gasteiger partial charge in [0.2, 0.25) is 5.91 Å². The Morgan fingerprint density at radius 2 is 1.83 bits per heavy atom. The Morgan fingerprint density at radius 1 is 1.12 bits per heavy atom. The quantitative estimate of drug-likeness (QED) is 0.848. The number of amides is 1.